The third-order valence-electron chi connectivity index (χ3n) is 4.45. The van der Waals surface area contributed by atoms with Gasteiger partial charge in [0.2, 0.25) is 11.8 Å². The van der Waals surface area contributed by atoms with Gasteiger partial charge in [-0.15, -0.1) is 0 Å². The monoisotopic (exact) mass is 397 g/mol. The maximum Gasteiger partial charge on any atom is 0.408 e. The molecule has 0 aliphatic rings. The average molecular weight is 397 g/mol. The molecule has 2 aromatic carbocycles. The first-order valence-electron chi connectivity index (χ1n) is 9.54. The van der Waals surface area contributed by atoms with E-state index >= 15 is 0 Å². The lowest BCUT2D eigenvalue weighted by Crippen LogP contribution is -2.47. The Hall–Kier alpha value is -3.35. The summed E-state index contributed by atoms with van der Waals surface area (Å²) < 4.78 is 5.24. The number of hydrogen-bond acceptors (Lipinski definition) is 4. The average Bonchev–Trinajstić information content (AvgIpc) is 2.71. The van der Waals surface area contributed by atoms with Gasteiger partial charge in [-0.3, -0.25) is 9.59 Å². The van der Waals surface area contributed by atoms with Crippen LogP contribution in [0.3, 0.4) is 0 Å². The summed E-state index contributed by atoms with van der Waals surface area (Å²) in [6.07, 6.45) is 0.0636. The summed E-state index contributed by atoms with van der Waals surface area (Å²) in [7, 11) is 0. The molecular formula is C22H27N3O4. The number of nitrogens with one attached hydrogen (secondary N) is 3. The topological polar surface area (TPSA) is 96.5 Å². The molecule has 0 saturated carbocycles. The lowest BCUT2D eigenvalue weighted by atomic mass is 9.98. The summed E-state index contributed by atoms with van der Waals surface area (Å²) in [6.45, 7) is 5.40. The SMILES string of the molecule is CC[C@@H](C)[C@H](NC(=O)OCc1ccccc1)C(=O)Nc1ccc(NC(C)=O)cc1. The van der Waals surface area contributed by atoms with Gasteiger partial charge in [0, 0.05) is 18.3 Å². The number of carbonyl (C=O) groups is 3. The zero-order valence-electron chi connectivity index (χ0n) is 16.9. The van der Waals surface area contributed by atoms with E-state index in [-0.39, 0.29) is 24.3 Å². The number of alkyl carbamates (subject to hydrolysis) is 1. The highest BCUT2D eigenvalue weighted by atomic mass is 16.5. The minimum Gasteiger partial charge on any atom is -0.445 e. The normalized spacial score (nSPS) is 12.4. The van der Waals surface area contributed by atoms with Crippen molar-refractivity contribution in [3.63, 3.8) is 0 Å². The largest absolute Gasteiger partial charge is 0.445 e. The van der Waals surface area contributed by atoms with E-state index < -0.39 is 12.1 Å². The van der Waals surface area contributed by atoms with Gasteiger partial charge >= 0.3 is 6.09 Å². The molecule has 2 atom stereocenters. The molecule has 0 unspecified atom stereocenters. The quantitative estimate of drug-likeness (QED) is 0.629. The van der Waals surface area contributed by atoms with Crippen molar-refractivity contribution in [2.45, 2.75) is 39.8 Å². The number of carbonyl (C=O) groups excluding carboxylic acids is 3. The number of ether oxygens (including phenoxy) is 1. The molecule has 0 heterocycles. The van der Waals surface area contributed by atoms with Crippen molar-refractivity contribution in [1.29, 1.82) is 0 Å². The zero-order chi connectivity index (χ0) is 21.2. The van der Waals surface area contributed by atoms with Crippen LogP contribution in [0.5, 0.6) is 0 Å². The smallest absolute Gasteiger partial charge is 0.408 e. The third-order valence-corrected chi connectivity index (χ3v) is 4.45. The van der Waals surface area contributed by atoms with Gasteiger partial charge in [0.15, 0.2) is 0 Å². The van der Waals surface area contributed by atoms with Crippen molar-refractivity contribution < 1.29 is 19.1 Å². The lowest BCUT2D eigenvalue weighted by Gasteiger charge is -2.23. The molecule has 3 amide bonds. The standard InChI is InChI=1S/C22H27N3O4/c1-4-15(2)20(25-22(28)29-14-17-8-6-5-7-9-17)21(27)24-19-12-10-18(11-13-19)23-16(3)26/h5-13,15,20H,4,14H2,1-3H3,(H,23,26)(H,24,27)(H,25,28)/t15-,20+/m1/s1. The summed E-state index contributed by atoms with van der Waals surface area (Å²) in [4.78, 5) is 36.0. The van der Waals surface area contributed by atoms with Crippen molar-refractivity contribution in [1.82, 2.24) is 5.32 Å². The van der Waals surface area contributed by atoms with Crippen LogP contribution in [0.1, 0.15) is 32.8 Å². The molecule has 0 aliphatic heterocycles. The van der Waals surface area contributed by atoms with Crippen LogP contribution >= 0.6 is 0 Å². The van der Waals surface area contributed by atoms with E-state index in [1.807, 2.05) is 44.2 Å². The Morgan fingerprint density at radius 1 is 0.931 bits per heavy atom. The van der Waals surface area contributed by atoms with Crippen molar-refractivity contribution in [2.75, 3.05) is 10.6 Å². The van der Waals surface area contributed by atoms with Gasteiger partial charge in [-0.05, 0) is 35.7 Å². The minimum atomic E-state index is -0.738. The second-order valence-corrected chi connectivity index (χ2v) is 6.82. The fraction of sp³-hybridized carbons (Fsp3) is 0.318. The molecule has 0 saturated heterocycles. The van der Waals surface area contributed by atoms with Crippen molar-refractivity contribution in [2.24, 2.45) is 5.92 Å². The van der Waals surface area contributed by atoms with Gasteiger partial charge in [0.25, 0.3) is 0 Å². The lowest BCUT2D eigenvalue weighted by molar-refractivity contribution is -0.119. The van der Waals surface area contributed by atoms with Gasteiger partial charge in [0.1, 0.15) is 12.6 Å². The molecule has 2 rings (SSSR count). The van der Waals surface area contributed by atoms with E-state index in [2.05, 4.69) is 16.0 Å². The first-order valence-corrected chi connectivity index (χ1v) is 9.54. The van der Waals surface area contributed by atoms with Gasteiger partial charge in [-0.2, -0.15) is 0 Å². The predicted molar refractivity (Wildman–Crippen MR) is 112 cm³/mol. The van der Waals surface area contributed by atoms with Crippen LogP contribution in [0.15, 0.2) is 54.6 Å². The van der Waals surface area contributed by atoms with E-state index in [0.29, 0.717) is 17.8 Å². The minimum absolute atomic E-state index is 0.0853. The number of anilines is 2. The van der Waals surface area contributed by atoms with Crippen LogP contribution < -0.4 is 16.0 Å². The molecule has 29 heavy (non-hydrogen) atoms. The Morgan fingerprint density at radius 2 is 1.52 bits per heavy atom. The molecule has 0 bridgehead atoms. The van der Waals surface area contributed by atoms with Crippen molar-refractivity contribution >= 4 is 29.3 Å². The zero-order valence-corrected chi connectivity index (χ0v) is 16.9. The van der Waals surface area contributed by atoms with Crippen LogP contribution in [-0.2, 0) is 20.9 Å². The van der Waals surface area contributed by atoms with E-state index in [0.717, 1.165) is 5.56 Å². The third kappa shape index (κ3) is 7.29. The fourth-order valence-electron chi connectivity index (χ4n) is 2.65. The molecule has 2 aromatic rings. The molecule has 0 aliphatic carbocycles. The Labute approximate surface area is 170 Å². The fourth-order valence-corrected chi connectivity index (χ4v) is 2.65. The highest BCUT2D eigenvalue weighted by Gasteiger charge is 2.26. The van der Waals surface area contributed by atoms with E-state index in [4.69, 9.17) is 4.74 Å². The molecule has 7 heteroatoms. The summed E-state index contributed by atoms with van der Waals surface area (Å²) in [5.41, 5.74) is 2.07. The molecule has 0 fully saturated rings. The Kier molecular flexibility index (Phi) is 8.21. The van der Waals surface area contributed by atoms with Crippen LogP contribution in [0.25, 0.3) is 0 Å². The maximum absolute atomic E-state index is 12.7. The molecular weight excluding hydrogens is 370 g/mol. The van der Waals surface area contributed by atoms with Gasteiger partial charge in [0.05, 0.1) is 0 Å². The van der Waals surface area contributed by atoms with Gasteiger partial charge in [-0.1, -0.05) is 50.6 Å². The summed E-state index contributed by atoms with van der Waals surface area (Å²) in [5.74, 6) is -0.585. The van der Waals surface area contributed by atoms with E-state index in [9.17, 15) is 14.4 Å². The summed E-state index contributed by atoms with van der Waals surface area (Å²) in [6, 6.07) is 15.3. The van der Waals surface area contributed by atoms with Gasteiger partial charge in [-0.25, -0.2) is 4.79 Å². The van der Waals surface area contributed by atoms with E-state index in [1.54, 1.807) is 24.3 Å². The van der Waals surface area contributed by atoms with E-state index in [1.165, 1.54) is 6.92 Å². The Balaban J connectivity index is 1.96. The molecule has 0 radical (unpaired) electrons. The van der Waals surface area contributed by atoms with Gasteiger partial charge < -0.3 is 20.7 Å². The second kappa shape index (κ2) is 10.8. The first kappa shape index (κ1) is 21.9. The van der Waals surface area contributed by atoms with Crippen LogP contribution in [0, 0.1) is 5.92 Å². The van der Waals surface area contributed by atoms with Crippen LogP contribution in [-0.4, -0.2) is 23.9 Å². The first-order chi connectivity index (χ1) is 13.9. The maximum atomic E-state index is 12.7. The number of amides is 3. The highest BCUT2D eigenvalue weighted by Crippen LogP contribution is 2.16. The van der Waals surface area contributed by atoms with Crippen molar-refractivity contribution in [3.8, 4) is 0 Å². The van der Waals surface area contributed by atoms with Crippen LogP contribution in [0.2, 0.25) is 0 Å². The molecule has 3 N–H and O–H groups in total. The Morgan fingerprint density at radius 3 is 2.07 bits per heavy atom. The van der Waals surface area contributed by atoms with Crippen LogP contribution in [0.4, 0.5) is 16.2 Å². The summed E-state index contributed by atoms with van der Waals surface area (Å²) in [5, 5.41) is 8.12. The molecule has 7 nitrogen and oxygen atoms in total. The van der Waals surface area contributed by atoms with Crippen molar-refractivity contribution in [3.05, 3.63) is 60.2 Å². The number of rotatable bonds is 8. The predicted octanol–water partition coefficient (Wildman–Crippen LogP) is 3.92. The Bertz CT molecular complexity index is 822. The number of benzene rings is 2. The number of hydrogen-bond donors (Lipinski definition) is 3. The summed E-state index contributed by atoms with van der Waals surface area (Å²) >= 11 is 0. The molecule has 154 valence electrons. The highest BCUT2D eigenvalue weighted by molar-refractivity contribution is 5.97. The molecule has 0 spiro atoms. The molecule has 0 aromatic heterocycles. The second-order valence-electron chi connectivity index (χ2n) is 6.82.